The quantitative estimate of drug-likeness (QED) is 0.899. The van der Waals surface area contributed by atoms with Gasteiger partial charge in [-0.25, -0.2) is 0 Å². The monoisotopic (exact) mass is 295 g/mol. The second-order valence-corrected chi connectivity index (χ2v) is 4.64. The molecular formula is C13H17ClF3NO. The molecule has 0 spiro atoms. The van der Waals surface area contributed by atoms with Gasteiger partial charge in [-0.3, -0.25) is 0 Å². The van der Waals surface area contributed by atoms with Gasteiger partial charge in [0.15, 0.2) is 0 Å². The smallest absolute Gasteiger partial charge is 0.416 e. The lowest BCUT2D eigenvalue weighted by molar-refractivity contribution is -0.137. The van der Waals surface area contributed by atoms with Crippen LogP contribution < -0.4 is 10.1 Å². The predicted molar refractivity (Wildman–Crippen MR) is 69.8 cm³/mol. The highest BCUT2D eigenvalue weighted by Crippen LogP contribution is 2.30. The second-order valence-electron chi connectivity index (χ2n) is 4.64. The largest absolute Gasteiger partial charge is 0.490 e. The molecule has 0 saturated carbocycles. The van der Waals surface area contributed by atoms with Gasteiger partial charge in [0, 0.05) is 6.04 Å². The minimum Gasteiger partial charge on any atom is -0.490 e. The third-order valence-electron chi connectivity index (χ3n) is 3.06. The fraction of sp³-hybridized carbons (Fsp3) is 0.538. The molecule has 2 rings (SSSR count). The zero-order valence-corrected chi connectivity index (χ0v) is 11.4. The standard InChI is InChI=1S/C13H16F3NO.ClH/c1-9-8-12(6-7-17-9)18-11-4-2-10(3-5-11)13(14,15)16;/h2-5,9,12,17H,6-8H2,1H3;1H/t9-,12-;/m0./s1. The summed E-state index contributed by atoms with van der Waals surface area (Å²) in [6.07, 6.45) is -2.45. The summed E-state index contributed by atoms with van der Waals surface area (Å²) in [6, 6.07) is 5.27. The average Bonchev–Trinajstić information content (AvgIpc) is 2.28. The van der Waals surface area contributed by atoms with Crippen LogP contribution in [0.15, 0.2) is 24.3 Å². The normalized spacial score (nSPS) is 23.6. The number of piperidine rings is 1. The Morgan fingerprint density at radius 3 is 2.37 bits per heavy atom. The van der Waals surface area contributed by atoms with Crippen LogP contribution in [0.1, 0.15) is 25.3 Å². The van der Waals surface area contributed by atoms with Gasteiger partial charge in [0.1, 0.15) is 11.9 Å². The van der Waals surface area contributed by atoms with Gasteiger partial charge in [-0.05, 0) is 50.6 Å². The van der Waals surface area contributed by atoms with E-state index in [1.165, 1.54) is 12.1 Å². The molecule has 0 unspecified atom stereocenters. The van der Waals surface area contributed by atoms with Crippen LogP contribution in [0.2, 0.25) is 0 Å². The van der Waals surface area contributed by atoms with Gasteiger partial charge in [0.25, 0.3) is 0 Å². The van der Waals surface area contributed by atoms with Crippen molar-refractivity contribution in [2.45, 2.75) is 38.1 Å². The number of hydrogen-bond donors (Lipinski definition) is 1. The molecule has 1 N–H and O–H groups in total. The van der Waals surface area contributed by atoms with Gasteiger partial charge in [0.05, 0.1) is 5.56 Å². The summed E-state index contributed by atoms with van der Waals surface area (Å²) in [6.45, 7) is 2.95. The lowest BCUT2D eigenvalue weighted by Gasteiger charge is -2.28. The maximum absolute atomic E-state index is 12.4. The van der Waals surface area contributed by atoms with Crippen LogP contribution in [0, 0.1) is 0 Å². The lowest BCUT2D eigenvalue weighted by atomic mass is 10.0. The first kappa shape index (κ1) is 16.1. The zero-order valence-electron chi connectivity index (χ0n) is 10.5. The molecule has 2 nitrogen and oxygen atoms in total. The molecule has 6 heteroatoms. The van der Waals surface area contributed by atoms with Crippen molar-refractivity contribution in [2.75, 3.05) is 6.54 Å². The Labute approximate surface area is 116 Å². The maximum atomic E-state index is 12.4. The number of nitrogens with one attached hydrogen (secondary N) is 1. The molecule has 1 aromatic carbocycles. The average molecular weight is 296 g/mol. The van der Waals surface area contributed by atoms with E-state index in [9.17, 15) is 13.2 Å². The zero-order chi connectivity index (χ0) is 13.2. The minimum absolute atomic E-state index is 0. The molecular weight excluding hydrogens is 279 g/mol. The van der Waals surface area contributed by atoms with E-state index in [0.717, 1.165) is 31.5 Å². The second kappa shape index (κ2) is 6.48. The number of ether oxygens (including phenoxy) is 1. The van der Waals surface area contributed by atoms with Gasteiger partial charge in [-0.15, -0.1) is 12.4 Å². The molecule has 0 aliphatic carbocycles. The van der Waals surface area contributed by atoms with Gasteiger partial charge in [0.2, 0.25) is 0 Å². The first-order valence-corrected chi connectivity index (χ1v) is 6.02. The number of benzene rings is 1. The summed E-state index contributed by atoms with van der Waals surface area (Å²) in [5.41, 5.74) is -0.645. The summed E-state index contributed by atoms with van der Waals surface area (Å²) in [7, 11) is 0. The van der Waals surface area contributed by atoms with Crippen molar-refractivity contribution in [3.05, 3.63) is 29.8 Å². The van der Waals surface area contributed by atoms with Gasteiger partial charge < -0.3 is 10.1 Å². The van der Waals surface area contributed by atoms with Crippen molar-refractivity contribution in [2.24, 2.45) is 0 Å². The minimum atomic E-state index is -4.29. The van der Waals surface area contributed by atoms with E-state index in [2.05, 4.69) is 12.2 Å². The first-order chi connectivity index (χ1) is 8.45. The first-order valence-electron chi connectivity index (χ1n) is 6.02. The lowest BCUT2D eigenvalue weighted by Crippen LogP contribution is -2.40. The molecule has 1 heterocycles. The molecule has 108 valence electrons. The summed E-state index contributed by atoms with van der Waals surface area (Å²) in [5.74, 6) is 0.502. The van der Waals surface area contributed by atoms with Crippen molar-refractivity contribution >= 4 is 12.4 Å². The highest BCUT2D eigenvalue weighted by atomic mass is 35.5. The topological polar surface area (TPSA) is 21.3 Å². The number of hydrogen-bond acceptors (Lipinski definition) is 2. The Bertz CT molecular complexity index is 394. The summed E-state index contributed by atoms with van der Waals surface area (Å²) < 4.78 is 42.8. The van der Waals surface area contributed by atoms with Crippen molar-refractivity contribution in [1.82, 2.24) is 5.32 Å². The van der Waals surface area contributed by atoms with Crippen molar-refractivity contribution in [3.8, 4) is 5.75 Å². The van der Waals surface area contributed by atoms with Gasteiger partial charge >= 0.3 is 6.18 Å². The van der Waals surface area contributed by atoms with Crippen LogP contribution in [-0.4, -0.2) is 18.7 Å². The summed E-state index contributed by atoms with van der Waals surface area (Å²) in [5, 5.41) is 3.30. The number of halogens is 4. The third-order valence-corrected chi connectivity index (χ3v) is 3.06. The molecule has 0 amide bonds. The fourth-order valence-electron chi connectivity index (χ4n) is 2.11. The van der Waals surface area contributed by atoms with E-state index in [4.69, 9.17) is 4.74 Å². The van der Waals surface area contributed by atoms with Crippen LogP contribution >= 0.6 is 12.4 Å². The van der Waals surface area contributed by atoms with Crippen LogP contribution in [0.5, 0.6) is 5.75 Å². The Morgan fingerprint density at radius 1 is 1.21 bits per heavy atom. The molecule has 1 aliphatic heterocycles. The summed E-state index contributed by atoms with van der Waals surface area (Å²) >= 11 is 0. The van der Waals surface area contributed by atoms with Crippen LogP contribution in [0.25, 0.3) is 0 Å². The van der Waals surface area contributed by atoms with Crippen molar-refractivity contribution < 1.29 is 17.9 Å². The van der Waals surface area contributed by atoms with Crippen LogP contribution in [0.3, 0.4) is 0 Å². The molecule has 1 aliphatic rings. The number of rotatable bonds is 2. The van der Waals surface area contributed by atoms with Crippen LogP contribution in [-0.2, 0) is 6.18 Å². The van der Waals surface area contributed by atoms with E-state index < -0.39 is 11.7 Å². The number of alkyl halides is 3. The molecule has 0 bridgehead atoms. The SMILES string of the molecule is C[C@H]1C[C@@H](Oc2ccc(C(F)(F)F)cc2)CCN1.Cl. The van der Waals surface area contributed by atoms with E-state index in [0.29, 0.717) is 11.8 Å². The van der Waals surface area contributed by atoms with Crippen molar-refractivity contribution in [3.63, 3.8) is 0 Å². The predicted octanol–water partition coefficient (Wildman–Crippen LogP) is 3.65. The van der Waals surface area contributed by atoms with E-state index in [1.54, 1.807) is 0 Å². The Kier molecular flexibility index (Phi) is 5.50. The molecule has 19 heavy (non-hydrogen) atoms. The molecule has 2 atom stereocenters. The van der Waals surface area contributed by atoms with E-state index >= 15 is 0 Å². The molecule has 0 radical (unpaired) electrons. The summed E-state index contributed by atoms with van der Waals surface area (Å²) in [4.78, 5) is 0. The third kappa shape index (κ3) is 4.58. The van der Waals surface area contributed by atoms with Gasteiger partial charge in [-0.2, -0.15) is 13.2 Å². The Hall–Kier alpha value is -0.940. The maximum Gasteiger partial charge on any atom is 0.416 e. The highest BCUT2D eigenvalue weighted by Gasteiger charge is 2.30. The molecule has 1 saturated heterocycles. The van der Waals surface area contributed by atoms with E-state index in [1.807, 2.05) is 0 Å². The van der Waals surface area contributed by atoms with Gasteiger partial charge in [-0.1, -0.05) is 0 Å². The molecule has 1 aromatic rings. The fourth-order valence-corrected chi connectivity index (χ4v) is 2.11. The highest BCUT2D eigenvalue weighted by molar-refractivity contribution is 5.85. The van der Waals surface area contributed by atoms with Crippen molar-refractivity contribution in [1.29, 1.82) is 0 Å². The Balaban J connectivity index is 0.00000180. The molecule has 0 aromatic heterocycles. The Morgan fingerprint density at radius 2 is 1.84 bits per heavy atom. The van der Waals surface area contributed by atoms with E-state index in [-0.39, 0.29) is 18.5 Å². The molecule has 1 fully saturated rings. The van der Waals surface area contributed by atoms with Crippen LogP contribution in [0.4, 0.5) is 13.2 Å².